The third kappa shape index (κ3) is 35.2. The van der Waals surface area contributed by atoms with E-state index in [4.69, 9.17) is 48.4 Å². The van der Waals surface area contributed by atoms with Crippen molar-refractivity contribution in [2.45, 2.75) is 128 Å². The van der Waals surface area contributed by atoms with Crippen molar-refractivity contribution in [3.8, 4) is 0 Å². The Hall–Kier alpha value is -8.82. The smallest absolute Gasteiger partial charge is 0.407 e. The van der Waals surface area contributed by atoms with E-state index in [9.17, 15) is 47.9 Å². The zero-order chi connectivity index (χ0) is 65.9. The standard InChI is InChI=1S/C65H87N7O19/c1-65(2,3)91-64(82)69-34-37-85-39-38-84-36-33-68-60(78)51(66)24-28-55(73)67-32-35-83-40-41-86-46-57(75)70-52(61(79)72-54(63(81)90-45-50-22-14-7-15-23-50)27-31-59(77)88-43-48-18-10-5-11-19-48)25-29-56(74)71-53(62(80)89-44-49-20-12-6-13-21-49)26-30-58(76)87-42-47-16-8-4-9-17-47/h4-23,51-54H,24-46,66H2,1-3H3,(H,67,73)(H,68,78)(H,69,82)(H,70,75)(H,71,74)(H,72,79). The fourth-order valence-corrected chi connectivity index (χ4v) is 8.01. The Morgan fingerprint density at radius 3 is 1.24 bits per heavy atom. The van der Waals surface area contributed by atoms with E-state index in [2.05, 4.69) is 31.9 Å². The maximum Gasteiger partial charge on any atom is 0.407 e. The first-order valence-corrected chi connectivity index (χ1v) is 30.1. The summed E-state index contributed by atoms with van der Waals surface area (Å²) in [6, 6.07) is 30.2. The van der Waals surface area contributed by atoms with Crippen LogP contribution >= 0.6 is 0 Å². The molecule has 4 rings (SSSR count). The van der Waals surface area contributed by atoms with Crippen molar-refractivity contribution in [2.24, 2.45) is 5.73 Å². The van der Waals surface area contributed by atoms with E-state index in [-0.39, 0.29) is 143 Å². The predicted octanol–water partition coefficient (Wildman–Crippen LogP) is 3.69. The molecular weight excluding hydrogens is 1180 g/mol. The molecule has 0 aliphatic carbocycles. The lowest BCUT2D eigenvalue weighted by Crippen LogP contribution is -2.53. The number of benzene rings is 4. The molecule has 6 amide bonds. The molecule has 0 heterocycles. The molecule has 0 fully saturated rings. The third-order valence-corrected chi connectivity index (χ3v) is 12.8. The summed E-state index contributed by atoms with van der Waals surface area (Å²) in [7, 11) is 0. The van der Waals surface area contributed by atoms with Crippen molar-refractivity contribution in [1.29, 1.82) is 0 Å². The van der Waals surface area contributed by atoms with Crippen molar-refractivity contribution < 1.29 is 90.6 Å². The molecule has 0 aliphatic rings. The van der Waals surface area contributed by atoms with Crippen LogP contribution in [0, 0.1) is 0 Å². The molecule has 4 atom stereocenters. The number of esters is 4. The summed E-state index contributed by atoms with van der Waals surface area (Å²) in [6.07, 6.45) is -2.44. The van der Waals surface area contributed by atoms with E-state index < -0.39 is 96.4 Å². The summed E-state index contributed by atoms with van der Waals surface area (Å²) in [5.74, 6) is -6.36. The van der Waals surface area contributed by atoms with E-state index in [1.165, 1.54) is 0 Å². The monoisotopic (exact) mass is 1270 g/mol. The molecule has 0 saturated carbocycles. The first kappa shape index (κ1) is 74.6. The second-order valence-electron chi connectivity index (χ2n) is 21.5. The molecule has 91 heavy (non-hydrogen) atoms. The number of carbonyl (C=O) groups is 10. The second-order valence-corrected chi connectivity index (χ2v) is 21.5. The van der Waals surface area contributed by atoms with Crippen molar-refractivity contribution in [3.63, 3.8) is 0 Å². The molecule has 0 saturated heterocycles. The molecule has 26 heteroatoms. The molecule has 4 aromatic rings. The molecule has 0 radical (unpaired) electrons. The maximum atomic E-state index is 14.2. The molecule has 26 nitrogen and oxygen atoms in total. The summed E-state index contributed by atoms with van der Waals surface area (Å²) in [5, 5.41) is 15.6. The van der Waals surface area contributed by atoms with E-state index in [1.54, 1.807) is 130 Å². The largest absolute Gasteiger partial charge is 0.461 e. The normalized spacial score (nSPS) is 12.3. The molecule has 0 bridgehead atoms. The number of alkyl carbamates (subject to hydrolysis) is 1. The average molecular weight is 1270 g/mol. The van der Waals surface area contributed by atoms with Crippen LogP contribution in [0.4, 0.5) is 4.79 Å². The van der Waals surface area contributed by atoms with Crippen molar-refractivity contribution in [1.82, 2.24) is 31.9 Å². The minimum Gasteiger partial charge on any atom is -0.461 e. The zero-order valence-electron chi connectivity index (χ0n) is 52.0. The maximum absolute atomic E-state index is 14.2. The van der Waals surface area contributed by atoms with Gasteiger partial charge in [0.2, 0.25) is 29.5 Å². The Balaban J connectivity index is 1.28. The second kappa shape index (κ2) is 43.8. The summed E-state index contributed by atoms with van der Waals surface area (Å²) in [5.41, 5.74) is 8.16. The lowest BCUT2D eigenvalue weighted by molar-refractivity contribution is -0.151. The van der Waals surface area contributed by atoms with Crippen LogP contribution in [0.15, 0.2) is 121 Å². The van der Waals surface area contributed by atoms with Crippen molar-refractivity contribution >= 4 is 59.5 Å². The van der Waals surface area contributed by atoms with Crippen LogP contribution in [-0.2, 0) is 112 Å². The first-order valence-electron chi connectivity index (χ1n) is 30.1. The Kier molecular flexibility index (Phi) is 35.9. The fraction of sp³-hybridized carbons (Fsp3) is 0.477. The molecule has 4 unspecified atom stereocenters. The Bertz CT molecular complexity index is 2830. The molecular formula is C65H87N7O19. The number of amides is 6. The van der Waals surface area contributed by atoms with Gasteiger partial charge < -0.3 is 80.3 Å². The SMILES string of the molecule is CC(C)(C)OC(=O)NCCOCCOCCNC(=O)C(N)CCC(=O)NCCOCCOCC(=O)NC(CCC(=O)NC(CCC(=O)OCc1ccccc1)C(=O)OCc1ccccc1)C(=O)NC(CCC(=O)OCc1ccccc1)C(=O)OCc1ccccc1. The fourth-order valence-electron chi connectivity index (χ4n) is 8.01. The number of rotatable bonds is 44. The van der Waals surface area contributed by atoms with Crippen LogP contribution in [0.25, 0.3) is 0 Å². The lowest BCUT2D eigenvalue weighted by Gasteiger charge is -2.23. The highest BCUT2D eigenvalue weighted by Gasteiger charge is 2.31. The van der Waals surface area contributed by atoms with Gasteiger partial charge in [0.1, 0.15) is 56.8 Å². The minimum absolute atomic E-state index is 0.0113. The van der Waals surface area contributed by atoms with E-state index in [0.29, 0.717) is 11.1 Å². The molecule has 0 aromatic heterocycles. The number of hydrogen-bond donors (Lipinski definition) is 7. The Labute approximate surface area is 530 Å². The summed E-state index contributed by atoms with van der Waals surface area (Å²) >= 11 is 0. The predicted molar refractivity (Wildman–Crippen MR) is 329 cm³/mol. The lowest BCUT2D eigenvalue weighted by atomic mass is 10.1. The molecule has 0 spiro atoms. The van der Waals surface area contributed by atoms with Crippen LogP contribution in [0.3, 0.4) is 0 Å². The molecule has 0 aliphatic heterocycles. The number of nitrogens with two attached hydrogens (primary N) is 1. The van der Waals surface area contributed by atoms with Gasteiger partial charge >= 0.3 is 30.0 Å². The van der Waals surface area contributed by atoms with Crippen LogP contribution in [0.1, 0.15) is 94.4 Å². The molecule has 4 aromatic carbocycles. The van der Waals surface area contributed by atoms with Crippen LogP contribution in [0.5, 0.6) is 0 Å². The van der Waals surface area contributed by atoms with Crippen molar-refractivity contribution in [2.75, 3.05) is 72.5 Å². The number of nitrogens with one attached hydrogen (secondary N) is 6. The number of hydrogen-bond acceptors (Lipinski definition) is 20. The summed E-state index contributed by atoms with van der Waals surface area (Å²) in [4.78, 5) is 131. The van der Waals surface area contributed by atoms with E-state index >= 15 is 0 Å². The van der Waals surface area contributed by atoms with Gasteiger partial charge in [0.25, 0.3) is 0 Å². The molecule has 8 N–H and O–H groups in total. The average Bonchev–Trinajstić information content (AvgIpc) is 2.84. The van der Waals surface area contributed by atoms with Gasteiger partial charge in [-0.05, 0) is 68.7 Å². The van der Waals surface area contributed by atoms with Gasteiger partial charge in [0.15, 0.2) is 0 Å². The highest BCUT2D eigenvalue weighted by molar-refractivity contribution is 5.92. The van der Waals surface area contributed by atoms with E-state index in [1.807, 2.05) is 12.1 Å². The summed E-state index contributed by atoms with van der Waals surface area (Å²) < 4.78 is 48.9. The van der Waals surface area contributed by atoms with Gasteiger partial charge in [-0.25, -0.2) is 14.4 Å². The van der Waals surface area contributed by atoms with Crippen molar-refractivity contribution in [3.05, 3.63) is 144 Å². The highest BCUT2D eigenvalue weighted by atomic mass is 16.6. The zero-order valence-corrected chi connectivity index (χ0v) is 52.0. The highest BCUT2D eigenvalue weighted by Crippen LogP contribution is 2.13. The number of carbonyl (C=O) groups excluding carboxylic acids is 10. The van der Waals surface area contributed by atoms with Gasteiger partial charge in [-0.2, -0.15) is 0 Å². The van der Waals surface area contributed by atoms with Crippen LogP contribution in [0.2, 0.25) is 0 Å². The Morgan fingerprint density at radius 1 is 0.396 bits per heavy atom. The van der Waals surface area contributed by atoms with E-state index in [0.717, 1.165) is 11.1 Å². The van der Waals surface area contributed by atoms with Gasteiger partial charge in [-0.1, -0.05) is 121 Å². The molecule has 496 valence electrons. The number of ether oxygens (including phenoxy) is 9. The topological polar surface area (TPSA) is 352 Å². The Morgan fingerprint density at radius 2 is 0.780 bits per heavy atom. The van der Waals surface area contributed by atoms with Gasteiger partial charge in [0, 0.05) is 45.3 Å². The summed E-state index contributed by atoms with van der Waals surface area (Å²) in [6.45, 7) is 5.88. The van der Waals surface area contributed by atoms with Crippen LogP contribution in [-0.4, -0.2) is 162 Å². The van der Waals surface area contributed by atoms with Gasteiger partial charge in [-0.3, -0.25) is 33.6 Å². The quantitative estimate of drug-likeness (QED) is 0.0189. The first-order chi connectivity index (χ1) is 43.8. The van der Waals surface area contributed by atoms with Gasteiger partial charge in [-0.15, -0.1) is 0 Å². The van der Waals surface area contributed by atoms with Crippen LogP contribution < -0.4 is 37.6 Å². The van der Waals surface area contributed by atoms with Gasteiger partial charge in [0.05, 0.1) is 52.3 Å². The minimum atomic E-state index is -1.51. The third-order valence-electron chi connectivity index (χ3n) is 12.8.